The van der Waals surface area contributed by atoms with Crippen molar-refractivity contribution >= 4 is 250 Å². The number of carbonyl (C=O) groups is 1. The zero-order valence-corrected chi connectivity index (χ0v) is 98.2. The number of amidine groups is 1. The number of hydrogen-bond donors (Lipinski definition) is 4. The van der Waals surface area contributed by atoms with Crippen molar-refractivity contribution in [3.8, 4) is 118 Å². The smallest absolute Gasteiger partial charge is 0.423 e. The number of aromatic nitrogens is 6. The van der Waals surface area contributed by atoms with Gasteiger partial charge < -0.3 is 26.0 Å². The number of halogens is 15. The van der Waals surface area contributed by atoms with Crippen molar-refractivity contribution in [3.63, 3.8) is 0 Å². The standard InChI is InChI=1S/C34H25N2.C33H24N2.C15H11Br3N2.C15H9Br3N2.C9H10ClNO.C6H7BO2.C6H4Br3N.Cl5P/c1-4-12-25(13-5-1)29-22-31(26-14-6-2-7-15-26)33(32(23-29)27-16-8-3-9-17-27)36-21-20-35-24-28-18-10-11-19-30(28)34(35)36;1-5-13-25(14-6-1)29-23-30(26-15-7-2-8-16-26)32(31(24-29)27-17-9-3-10-18-27)35-22-21-34-33(35)28-19-11-4-12-20-28;2*16-11-8-12(17)14(13(18)9-11)20-7-6-19-15(20)10-4-2-1-3-5-10;10-6-7-11-9(12)8-4-2-1-3-5-8;8-7(9)6-4-2-1-3-5-6;7-3-1-4(8)6(10)5(9)2-3;1-6(2,3,4)5/h1-23H,24H2;1-24H;1-5,8-9H,6-7H2;1-9H;1-5H,6-7H2,(H,11,12);1-5,8-9H;1-2H,10H2;/q+1;;;;;;;. The minimum atomic E-state index is -3.69. The van der Waals surface area contributed by atoms with Crippen LogP contribution in [-0.2, 0) is 6.54 Å². The van der Waals surface area contributed by atoms with E-state index in [1.165, 1.54) is 89.4 Å². The van der Waals surface area contributed by atoms with Crippen LogP contribution in [0, 0.1) is 0 Å². The van der Waals surface area contributed by atoms with Crippen LogP contribution in [0.25, 0.3) is 118 Å². The second-order valence-corrected chi connectivity index (χ2v) is 57.8. The molecule has 148 heavy (non-hydrogen) atoms. The fourth-order valence-corrected chi connectivity index (χ4v) is 24.2. The van der Waals surface area contributed by atoms with E-state index in [0.29, 0.717) is 23.5 Å². The molecule has 0 bridgehead atoms. The van der Waals surface area contributed by atoms with E-state index in [1.54, 1.807) is 36.4 Å². The van der Waals surface area contributed by atoms with E-state index in [9.17, 15) is 4.79 Å². The predicted octanol–water partition coefficient (Wildman–Crippen LogP) is 36.3. The van der Waals surface area contributed by atoms with Crippen LogP contribution in [0.5, 0.6) is 0 Å². The van der Waals surface area contributed by atoms with Crippen molar-refractivity contribution in [1.82, 2.24) is 29.0 Å². The number of nitrogen functional groups attached to an aromatic ring is 1. The van der Waals surface area contributed by atoms with Gasteiger partial charge in [-0.15, -0.1) is 11.6 Å². The number of imidazole rings is 3. The summed E-state index contributed by atoms with van der Waals surface area (Å²) in [5.74, 6) is 4.46. The van der Waals surface area contributed by atoms with Crippen LogP contribution in [-0.4, -0.2) is 78.1 Å². The molecule has 0 saturated heterocycles. The monoisotopic (exact) mass is 2660 g/mol. The molecule has 13 nitrogen and oxygen atoms in total. The van der Waals surface area contributed by atoms with E-state index in [4.69, 9.17) is 88.6 Å². The number of anilines is 2. The average molecular weight is 2670 g/mol. The number of nitrogens with zero attached hydrogens (tertiary/aromatic N) is 8. The predicted molar refractivity (Wildman–Crippen MR) is 655 cm³/mol. The van der Waals surface area contributed by atoms with E-state index in [0.717, 1.165) is 117 Å². The van der Waals surface area contributed by atoms with E-state index < -0.39 is 10.5 Å². The molecule has 0 saturated carbocycles. The first-order valence-electron chi connectivity index (χ1n) is 46.1. The molecular weight excluding hydrogens is 2580 g/mol. The number of amides is 1. The number of fused-ring (bicyclic) bond motifs is 3. The van der Waals surface area contributed by atoms with Gasteiger partial charge in [-0.3, -0.25) is 18.9 Å². The van der Waals surface area contributed by atoms with Crippen LogP contribution in [0.4, 0.5) is 11.4 Å². The van der Waals surface area contributed by atoms with E-state index in [1.807, 2.05) is 110 Å². The van der Waals surface area contributed by atoms with E-state index >= 15 is 0 Å². The van der Waals surface area contributed by atoms with Crippen LogP contribution < -0.4 is 26.0 Å². The summed E-state index contributed by atoms with van der Waals surface area (Å²) in [6.45, 7) is 3.12. The summed E-state index contributed by atoms with van der Waals surface area (Å²) in [6.07, 6.45) is 12.2. The zero-order chi connectivity index (χ0) is 104. The molecule has 1 amide bonds. The number of nitrogens with two attached hydrogens (primary N) is 1. The fraction of sp³-hybridized carbons (Fsp3) is 0.0424. The van der Waals surface area contributed by atoms with Crippen molar-refractivity contribution < 1.29 is 19.4 Å². The Morgan fingerprint density at radius 3 is 1.05 bits per heavy atom. The first-order chi connectivity index (χ1) is 71.6. The number of rotatable bonds is 17. The molecule has 2 aliphatic heterocycles. The summed E-state index contributed by atoms with van der Waals surface area (Å²) in [6, 6.07) is 143. The van der Waals surface area contributed by atoms with Crippen molar-refractivity contribution in [2.24, 2.45) is 4.99 Å². The molecule has 2 aliphatic rings. The van der Waals surface area contributed by atoms with Gasteiger partial charge in [0.05, 0.1) is 34.9 Å². The normalized spacial score (nSPS) is 11.6. The van der Waals surface area contributed by atoms with Gasteiger partial charge in [0.25, 0.3) is 11.7 Å². The van der Waals surface area contributed by atoms with Crippen LogP contribution >= 0.6 is 215 Å². The summed E-state index contributed by atoms with van der Waals surface area (Å²) in [5.41, 5.74) is 32.4. The molecule has 0 fully saturated rings. The number of nitrogens with one attached hydrogen (secondary N) is 1. The van der Waals surface area contributed by atoms with Gasteiger partial charge in [0.15, 0.2) is 0 Å². The van der Waals surface area contributed by atoms with Crippen molar-refractivity contribution in [2.45, 2.75) is 6.54 Å². The zero-order valence-electron chi connectivity index (χ0n) is 78.5. The van der Waals surface area contributed by atoms with E-state index in [-0.39, 0.29) is 5.91 Å². The third-order valence-electron chi connectivity index (χ3n) is 23.0. The number of alkyl halides is 1. The summed E-state index contributed by atoms with van der Waals surface area (Å²) in [7, 11) is -1.34. The Kier molecular flexibility index (Phi) is 40.8. The number of carbonyl (C=O) groups excluding carboxylic acids is 1. The second kappa shape index (κ2) is 54.0. The largest absolute Gasteiger partial charge is 0.488 e. The second-order valence-electron chi connectivity index (χ2n) is 33.0. The number of aliphatic imine (C=N–C) groups is 1. The molecule has 0 atom stereocenters. The molecule has 20 aromatic rings. The summed E-state index contributed by atoms with van der Waals surface area (Å²) >= 11 is 61.8. The van der Waals surface area contributed by atoms with Crippen LogP contribution in [0.15, 0.2) is 501 Å². The van der Waals surface area contributed by atoms with Crippen LogP contribution in [0.1, 0.15) is 21.5 Å². The first kappa shape index (κ1) is 112. The van der Waals surface area contributed by atoms with Crippen LogP contribution in [0.3, 0.4) is 0 Å². The molecule has 0 unspecified atom stereocenters. The Bertz CT molecular complexity index is 7670. The topological polar surface area (TPSA) is 156 Å². The van der Waals surface area contributed by atoms with E-state index in [2.05, 4.69) is 492 Å². The molecule has 742 valence electrons. The van der Waals surface area contributed by atoms with Gasteiger partial charge in [-0.1, -0.05) is 388 Å². The molecule has 0 aliphatic carbocycles. The Hall–Kier alpha value is -10.4. The third-order valence-corrected chi connectivity index (χ3v) is 28.3. The third kappa shape index (κ3) is 30.5. The van der Waals surface area contributed by atoms with Gasteiger partial charge in [-0.05, 0) is 224 Å². The molecule has 0 spiro atoms. The maximum atomic E-state index is 11.2. The first-order valence-corrected chi connectivity index (χ1v) is 60.6. The quantitative estimate of drug-likeness (QED) is 0.0233. The summed E-state index contributed by atoms with van der Waals surface area (Å²) in [5, 5.41) is 19.8. The average Bonchev–Trinajstić information content (AvgIpc) is 0.784. The summed E-state index contributed by atoms with van der Waals surface area (Å²) in [4.78, 5) is 27.4. The Balaban J connectivity index is 0.000000135. The molecule has 30 heteroatoms. The molecule has 0 radical (unpaired) electrons. The molecule has 3 aromatic heterocycles. The maximum absolute atomic E-state index is 11.2. The number of hydrogen-bond acceptors (Lipinski definition) is 8. The summed E-state index contributed by atoms with van der Waals surface area (Å²) < 4.78 is 14.3. The molecule has 22 rings (SSSR count). The van der Waals surface area contributed by atoms with Crippen molar-refractivity contribution in [2.75, 3.05) is 36.1 Å². The van der Waals surface area contributed by atoms with Gasteiger partial charge in [0.1, 0.15) is 42.1 Å². The maximum Gasteiger partial charge on any atom is 0.488 e. The molecular formula is C118H90BBr9Cl6N10O3P+. The van der Waals surface area contributed by atoms with Gasteiger partial charge in [0, 0.05) is 134 Å². The van der Waals surface area contributed by atoms with Gasteiger partial charge >= 0.3 is 66.7 Å². The van der Waals surface area contributed by atoms with Crippen LogP contribution in [0.2, 0.25) is 0 Å². The fourth-order valence-electron chi connectivity index (χ4n) is 16.5. The minimum Gasteiger partial charge on any atom is -0.423 e. The Morgan fingerprint density at radius 1 is 0.365 bits per heavy atom. The van der Waals surface area contributed by atoms with Crippen molar-refractivity contribution in [3.05, 3.63) is 513 Å². The van der Waals surface area contributed by atoms with Gasteiger partial charge in [-0.25, -0.2) is 14.5 Å². The molecule has 5 N–H and O–H groups in total. The number of benzene rings is 17. The molecule has 17 aromatic carbocycles. The van der Waals surface area contributed by atoms with Crippen molar-refractivity contribution in [1.29, 1.82) is 0 Å². The van der Waals surface area contributed by atoms with Gasteiger partial charge in [0.2, 0.25) is 0 Å². The molecule has 5 heterocycles. The SMILES string of the molecule is Brc1cc(Br)c(-n2ccnc2-c2ccccc2)c(Br)c1.Brc1cc(Br)c(N2CCN=C2c2ccccc2)c(Br)c1.ClP(Cl)(Cl)(Cl)Cl.Nc1c(Br)cc(Br)cc1Br.O=C(NCCCl)c1ccccc1.OB(O)c1ccccc1.c1ccc(-c2cc(-c3ccccc3)c(-n3cc[n+]4c3-c3ccccc3C4)c(-c3ccccc3)c2)cc1.c1ccc(-c2cc(-c3ccccc3)c(-n3ccnc3-c3ccccc3)c(-c3ccccc3)c2)cc1. The minimum absolute atomic E-state index is 0.0729. The van der Waals surface area contributed by atoms with Gasteiger partial charge in [-0.2, -0.15) is 4.57 Å². The Morgan fingerprint density at radius 2 is 0.682 bits per heavy atom. The Labute approximate surface area is 966 Å².